The van der Waals surface area contributed by atoms with Crippen LogP contribution < -0.4 is 0 Å². The van der Waals surface area contributed by atoms with Crippen LogP contribution in [0.25, 0.3) is 22.2 Å². The zero-order valence-electron chi connectivity index (χ0n) is 13.8. The lowest BCUT2D eigenvalue weighted by Gasteiger charge is -2.12. The molecule has 2 heterocycles. The molecule has 26 heavy (non-hydrogen) atoms. The summed E-state index contributed by atoms with van der Waals surface area (Å²) in [5.41, 5.74) is 2.87. The van der Waals surface area contributed by atoms with E-state index in [9.17, 15) is 8.42 Å². The quantitative estimate of drug-likeness (QED) is 0.439. The van der Waals surface area contributed by atoms with E-state index in [-0.39, 0.29) is 9.79 Å². The third-order valence-electron chi connectivity index (χ3n) is 4.23. The Kier molecular flexibility index (Phi) is 4.17. The number of fused-ring (bicyclic) bond motifs is 1. The fourth-order valence-electron chi connectivity index (χ4n) is 2.84. The topological polar surface area (TPSA) is 60.2 Å². The van der Waals surface area contributed by atoms with Gasteiger partial charge in [0.1, 0.15) is 0 Å². The second-order valence-electron chi connectivity index (χ2n) is 5.93. The van der Waals surface area contributed by atoms with Gasteiger partial charge in [0.25, 0.3) is 0 Å². The minimum atomic E-state index is -3.70. The van der Waals surface area contributed by atoms with Crippen LogP contribution in [-0.2, 0) is 9.84 Å². The summed E-state index contributed by atoms with van der Waals surface area (Å²) in [5, 5.41) is 0.582. The fraction of sp³-hybridized carbons (Fsp3) is 0.0500. The average molecular weight is 428 g/mol. The fourth-order valence-corrected chi connectivity index (χ4v) is 4.76. The predicted octanol–water partition coefficient (Wildman–Crippen LogP) is 5.40. The largest absolute Gasteiger partial charge is 0.472 e. The summed E-state index contributed by atoms with van der Waals surface area (Å²) in [6.07, 6.45) is 3.09. The van der Waals surface area contributed by atoms with E-state index in [2.05, 4.69) is 20.9 Å². The van der Waals surface area contributed by atoms with Crippen molar-refractivity contribution in [2.45, 2.75) is 16.7 Å². The molecule has 2 aromatic heterocycles. The van der Waals surface area contributed by atoms with Gasteiger partial charge in [0.05, 0.1) is 33.5 Å². The van der Waals surface area contributed by atoms with E-state index in [1.165, 1.54) is 6.26 Å². The maximum absolute atomic E-state index is 13.3. The molecule has 2 aromatic carbocycles. The molecule has 0 aliphatic rings. The minimum absolute atomic E-state index is 0.227. The van der Waals surface area contributed by atoms with Gasteiger partial charge >= 0.3 is 0 Å². The van der Waals surface area contributed by atoms with Crippen molar-refractivity contribution in [3.63, 3.8) is 0 Å². The van der Waals surface area contributed by atoms with E-state index in [4.69, 9.17) is 4.42 Å². The zero-order valence-corrected chi connectivity index (χ0v) is 16.2. The Bertz CT molecular complexity index is 1200. The van der Waals surface area contributed by atoms with Crippen molar-refractivity contribution in [1.82, 2.24) is 4.98 Å². The number of hydrogen-bond acceptors (Lipinski definition) is 4. The van der Waals surface area contributed by atoms with E-state index in [1.54, 1.807) is 54.8 Å². The summed E-state index contributed by atoms with van der Waals surface area (Å²) in [7, 11) is -3.70. The van der Waals surface area contributed by atoms with Crippen LogP contribution >= 0.6 is 15.9 Å². The van der Waals surface area contributed by atoms with Gasteiger partial charge in [-0.1, -0.05) is 30.3 Å². The first-order chi connectivity index (χ1) is 12.5. The molecule has 4 nitrogen and oxygen atoms in total. The number of aryl methyl sites for hydroxylation is 1. The molecule has 0 saturated heterocycles. The van der Waals surface area contributed by atoms with Crippen molar-refractivity contribution in [1.29, 1.82) is 0 Å². The molecule has 0 saturated carbocycles. The van der Waals surface area contributed by atoms with Gasteiger partial charge in [-0.15, -0.1) is 0 Å². The lowest BCUT2D eigenvalue weighted by atomic mass is 10.1. The number of furan rings is 1. The summed E-state index contributed by atoms with van der Waals surface area (Å²) >= 11 is 3.55. The average Bonchev–Trinajstić information content (AvgIpc) is 3.19. The van der Waals surface area contributed by atoms with Crippen LogP contribution in [0.15, 0.2) is 85.8 Å². The van der Waals surface area contributed by atoms with Crippen LogP contribution in [0.5, 0.6) is 0 Å². The summed E-state index contributed by atoms with van der Waals surface area (Å²) < 4.78 is 32.5. The summed E-state index contributed by atoms with van der Waals surface area (Å²) in [5.74, 6) is 0. The Morgan fingerprint density at radius 1 is 1.04 bits per heavy atom. The van der Waals surface area contributed by atoms with Crippen molar-refractivity contribution >= 4 is 36.7 Å². The van der Waals surface area contributed by atoms with Gasteiger partial charge in [-0.3, -0.25) is 0 Å². The monoisotopic (exact) mass is 427 g/mol. The Labute approximate surface area is 159 Å². The molecule has 0 amide bonds. The third-order valence-corrected chi connectivity index (χ3v) is 7.05. The summed E-state index contributed by atoms with van der Waals surface area (Å²) in [4.78, 5) is 5.15. The Balaban J connectivity index is 2.10. The molecule has 6 heteroatoms. The first-order valence-corrected chi connectivity index (χ1v) is 10.2. The van der Waals surface area contributed by atoms with Crippen molar-refractivity contribution < 1.29 is 12.8 Å². The number of aromatic nitrogens is 1. The van der Waals surface area contributed by atoms with E-state index in [1.807, 2.05) is 13.0 Å². The lowest BCUT2D eigenvalue weighted by Crippen LogP contribution is -2.04. The van der Waals surface area contributed by atoms with Gasteiger partial charge in [0.2, 0.25) is 9.84 Å². The molecular formula is C20H14BrNO3S. The normalized spacial score (nSPS) is 11.8. The zero-order chi connectivity index (χ0) is 18.3. The number of nitrogens with zero attached hydrogens (tertiary/aromatic N) is 1. The Hall–Kier alpha value is -2.44. The van der Waals surface area contributed by atoms with Gasteiger partial charge < -0.3 is 4.42 Å². The molecule has 0 aliphatic carbocycles. The van der Waals surface area contributed by atoms with Crippen LogP contribution in [0, 0.1) is 6.92 Å². The van der Waals surface area contributed by atoms with Gasteiger partial charge in [0, 0.05) is 15.4 Å². The molecule has 0 spiro atoms. The van der Waals surface area contributed by atoms with Crippen molar-refractivity contribution in [3.05, 3.63) is 77.2 Å². The molecule has 0 unspecified atom stereocenters. The number of hydrogen-bond donors (Lipinski definition) is 0. The summed E-state index contributed by atoms with van der Waals surface area (Å²) in [6, 6.07) is 15.5. The molecule has 0 fully saturated rings. The van der Waals surface area contributed by atoms with Crippen LogP contribution in [0.1, 0.15) is 5.56 Å². The van der Waals surface area contributed by atoms with Crippen LogP contribution in [0.2, 0.25) is 0 Å². The first kappa shape index (κ1) is 17.0. The molecular weight excluding hydrogens is 414 g/mol. The SMILES string of the molecule is Cc1ccc2c(S(=O)(=O)c3ccccc3)cc(-c3ccoc3)nc2c1Br. The lowest BCUT2D eigenvalue weighted by molar-refractivity contribution is 0.568. The van der Waals surface area contributed by atoms with Crippen LogP contribution in [0.4, 0.5) is 0 Å². The van der Waals surface area contributed by atoms with E-state index in [0.29, 0.717) is 16.6 Å². The molecule has 0 radical (unpaired) electrons. The van der Waals surface area contributed by atoms with Crippen LogP contribution in [0.3, 0.4) is 0 Å². The second-order valence-corrected chi connectivity index (χ2v) is 8.64. The van der Waals surface area contributed by atoms with Gasteiger partial charge in [-0.05, 0) is 52.7 Å². The standard InChI is InChI=1S/C20H14BrNO3S/c1-13-7-8-16-18(26(23,24)15-5-3-2-4-6-15)11-17(14-9-10-25-12-14)22-20(16)19(13)21/h2-12H,1H3. The molecule has 130 valence electrons. The highest BCUT2D eigenvalue weighted by Gasteiger charge is 2.23. The van der Waals surface area contributed by atoms with E-state index in [0.717, 1.165) is 15.6 Å². The molecule has 4 aromatic rings. The second kappa shape index (κ2) is 6.37. The highest BCUT2D eigenvalue weighted by Crippen LogP contribution is 2.35. The van der Waals surface area contributed by atoms with Crippen LogP contribution in [-0.4, -0.2) is 13.4 Å². The molecule has 0 N–H and O–H groups in total. The molecule has 4 rings (SSSR count). The van der Waals surface area contributed by atoms with Gasteiger partial charge in [-0.25, -0.2) is 13.4 Å². The maximum atomic E-state index is 13.3. The molecule has 0 aliphatic heterocycles. The minimum Gasteiger partial charge on any atom is -0.472 e. The van der Waals surface area contributed by atoms with E-state index < -0.39 is 9.84 Å². The number of sulfone groups is 1. The third kappa shape index (κ3) is 2.75. The Morgan fingerprint density at radius 3 is 2.50 bits per heavy atom. The molecule has 0 atom stereocenters. The molecule has 0 bridgehead atoms. The number of benzene rings is 2. The smallest absolute Gasteiger partial charge is 0.207 e. The maximum Gasteiger partial charge on any atom is 0.207 e. The number of rotatable bonds is 3. The van der Waals surface area contributed by atoms with Gasteiger partial charge in [-0.2, -0.15) is 0 Å². The van der Waals surface area contributed by atoms with Crippen molar-refractivity contribution in [2.75, 3.05) is 0 Å². The first-order valence-electron chi connectivity index (χ1n) is 7.91. The van der Waals surface area contributed by atoms with Gasteiger partial charge in [0.15, 0.2) is 0 Å². The van der Waals surface area contributed by atoms with Crippen molar-refractivity contribution in [2.24, 2.45) is 0 Å². The highest BCUT2D eigenvalue weighted by molar-refractivity contribution is 9.10. The predicted molar refractivity (Wildman–Crippen MR) is 104 cm³/mol. The van der Waals surface area contributed by atoms with Crippen molar-refractivity contribution in [3.8, 4) is 11.3 Å². The Morgan fingerprint density at radius 2 is 1.81 bits per heavy atom. The number of halogens is 1. The highest BCUT2D eigenvalue weighted by atomic mass is 79.9. The summed E-state index contributed by atoms with van der Waals surface area (Å²) in [6.45, 7) is 1.95. The number of pyridine rings is 1. The van der Waals surface area contributed by atoms with E-state index >= 15 is 0 Å².